The molecule has 4 rings (SSSR count). The molecule has 1 saturated heterocycles. The molecular weight excluding hydrogens is 364 g/mol. The van der Waals surface area contributed by atoms with E-state index in [1.807, 2.05) is 53.4 Å². The van der Waals surface area contributed by atoms with Gasteiger partial charge in [-0.2, -0.15) is 0 Å². The van der Waals surface area contributed by atoms with Crippen molar-refractivity contribution in [3.8, 4) is 17.0 Å². The molecule has 27 heavy (non-hydrogen) atoms. The van der Waals surface area contributed by atoms with Crippen molar-refractivity contribution in [2.75, 3.05) is 13.7 Å². The van der Waals surface area contributed by atoms with E-state index in [1.165, 1.54) is 0 Å². The predicted octanol–water partition coefficient (Wildman–Crippen LogP) is 4.98. The molecule has 1 aliphatic rings. The Hall–Kier alpha value is -2.79. The van der Waals surface area contributed by atoms with E-state index in [4.69, 9.17) is 20.9 Å². The highest BCUT2D eigenvalue weighted by Crippen LogP contribution is 2.36. The van der Waals surface area contributed by atoms with E-state index in [-0.39, 0.29) is 17.7 Å². The fourth-order valence-electron chi connectivity index (χ4n) is 3.49. The topological polar surface area (TPSA) is 55.6 Å². The second kappa shape index (κ2) is 7.45. The second-order valence-electron chi connectivity index (χ2n) is 6.48. The summed E-state index contributed by atoms with van der Waals surface area (Å²) in [5, 5.41) is 4.74. The Morgan fingerprint density at radius 3 is 2.74 bits per heavy atom. The fourth-order valence-corrected chi connectivity index (χ4v) is 3.76. The summed E-state index contributed by atoms with van der Waals surface area (Å²) in [6.45, 7) is 0.674. The number of halogens is 1. The van der Waals surface area contributed by atoms with Gasteiger partial charge in [-0.05, 0) is 48.7 Å². The number of benzene rings is 2. The normalized spacial score (nSPS) is 16.5. The van der Waals surface area contributed by atoms with Crippen LogP contribution >= 0.6 is 11.6 Å². The Bertz CT molecular complexity index is 952. The highest BCUT2D eigenvalue weighted by Gasteiger charge is 2.33. The summed E-state index contributed by atoms with van der Waals surface area (Å²) in [7, 11) is 1.62. The molecule has 1 amide bonds. The van der Waals surface area contributed by atoms with Crippen molar-refractivity contribution in [1.29, 1.82) is 0 Å². The van der Waals surface area contributed by atoms with E-state index in [0.29, 0.717) is 17.3 Å². The number of methoxy groups -OCH3 is 1. The van der Waals surface area contributed by atoms with Gasteiger partial charge in [0.2, 0.25) is 5.76 Å². The molecule has 1 aliphatic heterocycles. The van der Waals surface area contributed by atoms with Crippen molar-refractivity contribution < 1.29 is 14.1 Å². The van der Waals surface area contributed by atoms with Crippen LogP contribution in [0.1, 0.15) is 35.0 Å². The quantitative estimate of drug-likeness (QED) is 0.638. The Morgan fingerprint density at radius 1 is 1.22 bits per heavy atom. The Balaban J connectivity index is 1.57. The number of ether oxygens (including phenoxy) is 1. The summed E-state index contributed by atoms with van der Waals surface area (Å²) in [5.41, 5.74) is 2.46. The van der Waals surface area contributed by atoms with Gasteiger partial charge in [-0.1, -0.05) is 35.0 Å². The molecule has 5 nitrogen and oxygen atoms in total. The molecule has 6 heteroatoms. The van der Waals surface area contributed by atoms with Crippen molar-refractivity contribution in [3.63, 3.8) is 0 Å². The number of carbonyl (C=O) groups is 1. The number of rotatable bonds is 4. The lowest BCUT2D eigenvalue weighted by Gasteiger charge is -2.24. The van der Waals surface area contributed by atoms with Crippen LogP contribution in [0.2, 0.25) is 5.02 Å². The molecule has 138 valence electrons. The largest absolute Gasteiger partial charge is 0.497 e. The number of amides is 1. The molecule has 2 aromatic carbocycles. The highest BCUT2D eigenvalue weighted by atomic mass is 35.5. The second-order valence-corrected chi connectivity index (χ2v) is 6.89. The number of hydrogen-bond donors (Lipinski definition) is 0. The SMILES string of the molecule is COc1ccc(-c2cc(C(=O)N3CCCC3c3ccccc3Cl)on2)cc1. The van der Waals surface area contributed by atoms with Crippen LogP contribution in [-0.4, -0.2) is 29.6 Å². The van der Waals surface area contributed by atoms with Gasteiger partial charge in [-0.25, -0.2) is 0 Å². The maximum atomic E-state index is 13.0. The lowest BCUT2D eigenvalue weighted by atomic mass is 10.0. The van der Waals surface area contributed by atoms with Gasteiger partial charge >= 0.3 is 0 Å². The summed E-state index contributed by atoms with van der Waals surface area (Å²) < 4.78 is 10.5. The smallest absolute Gasteiger partial charge is 0.292 e. The lowest BCUT2D eigenvalue weighted by molar-refractivity contribution is 0.0693. The van der Waals surface area contributed by atoms with Crippen LogP contribution in [0.4, 0.5) is 0 Å². The van der Waals surface area contributed by atoms with Gasteiger partial charge in [0.25, 0.3) is 5.91 Å². The van der Waals surface area contributed by atoms with Crippen LogP contribution < -0.4 is 4.74 Å². The van der Waals surface area contributed by atoms with E-state index in [1.54, 1.807) is 13.2 Å². The van der Waals surface area contributed by atoms with Crippen LogP contribution in [0, 0.1) is 0 Å². The van der Waals surface area contributed by atoms with E-state index in [9.17, 15) is 4.79 Å². The molecule has 1 fully saturated rings. The number of hydrogen-bond acceptors (Lipinski definition) is 4. The molecule has 2 heterocycles. The molecule has 0 bridgehead atoms. The van der Waals surface area contributed by atoms with Gasteiger partial charge in [0.15, 0.2) is 0 Å². The molecule has 0 radical (unpaired) electrons. The van der Waals surface area contributed by atoms with Crippen molar-refractivity contribution in [2.24, 2.45) is 0 Å². The zero-order valence-electron chi connectivity index (χ0n) is 14.9. The van der Waals surface area contributed by atoms with E-state index in [0.717, 1.165) is 29.7 Å². The molecule has 0 spiro atoms. The van der Waals surface area contributed by atoms with Crippen LogP contribution in [0.25, 0.3) is 11.3 Å². The first-order valence-electron chi connectivity index (χ1n) is 8.84. The molecular formula is C21H19ClN2O3. The minimum atomic E-state index is -0.162. The predicted molar refractivity (Wildman–Crippen MR) is 103 cm³/mol. The average molecular weight is 383 g/mol. The lowest BCUT2D eigenvalue weighted by Crippen LogP contribution is -2.30. The van der Waals surface area contributed by atoms with Crippen LogP contribution in [0.5, 0.6) is 5.75 Å². The molecule has 1 atom stereocenters. The molecule has 1 unspecified atom stereocenters. The Labute approximate surface area is 162 Å². The van der Waals surface area contributed by atoms with Crippen LogP contribution in [0.3, 0.4) is 0 Å². The number of nitrogens with zero attached hydrogens (tertiary/aromatic N) is 2. The standard InChI is InChI=1S/C21H19ClN2O3/c1-26-15-10-8-14(9-11-15)18-13-20(27-23-18)21(25)24-12-4-7-19(24)16-5-2-3-6-17(16)22/h2-3,5-6,8-11,13,19H,4,7,12H2,1H3. The maximum absolute atomic E-state index is 13.0. The van der Waals surface area contributed by atoms with Crippen molar-refractivity contribution in [3.05, 3.63) is 70.9 Å². The van der Waals surface area contributed by atoms with Crippen molar-refractivity contribution >= 4 is 17.5 Å². The maximum Gasteiger partial charge on any atom is 0.292 e. The summed E-state index contributed by atoms with van der Waals surface area (Å²) in [4.78, 5) is 14.8. The molecule has 3 aromatic rings. The average Bonchev–Trinajstić information content (AvgIpc) is 3.38. The third kappa shape index (κ3) is 3.43. The molecule has 1 aromatic heterocycles. The monoisotopic (exact) mass is 382 g/mol. The van der Waals surface area contributed by atoms with E-state index >= 15 is 0 Å². The Morgan fingerprint density at radius 2 is 2.00 bits per heavy atom. The van der Waals surface area contributed by atoms with E-state index < -0.39 is 0 Å². The first kappa shape index (κ1) is 17.6. The summed E-state index contributed by atoms with van der Waals surface area (Å²) in [6.07, 6.45) is 1.82. The molecule has 0 N–H and O–H groups in total. The highest BCUT2D eigenvalue weighted by molar-refractivity contribution is 6.31. The third-order valence-corrected chi connectivity index (χ3v) is 5.23. The molecule has 0 aliphatic carbocycles. The van der Waals surface area contributed by atoms with Gasteiger partial charge in [0, 0.05) is 23.2 Å². The minimum Gasteiger partial charge on any atom is -0.497 e. The molecule has 0 saturated carbocycles. The van der Waals surface area contributed by atoms with Crippen LogP contribution in [-0.2, 0) is 0 Å². The summed E-state index contributed by atoms with van der Waals surface area (Å²) >= 11 is 6.35. The van der Waals surface area contributed by atoms with E-state index in [2.05, 4.69) is 5.16 Å². The summed E-state index contributed by atoms with van der Waals surface area (Å²) in [6, 6.07) is 16.8. The fraction of sp³-hybridized carbons (Fsp3) is 0.238. The minimum absolute atomic E-state index is 0.0410. The van der Waals surface area contributed by atoms with Gasteiger partial charge < -0.3 is 14.2 Å². The first-order valence-corrected chi connectivity index (χ1v) is 9.21. The van der Waals surface area contributed by atoms with Gasteiger partial charge in [-0.3, -0.25) is 4.79 Å². The number of aromatic nitrogens is 1. The zero-order valence-corrected chi connectivity index (χ0v) is 15.6. The van der Waals surface area contributed by atoms with Crippen molar-refractivity contribution in [1.82, 2.24) is 10.1 Å². The Kier molecular flexibility index (Phi) is 4.86. The van der Waals surface area contributed by atoms with Gasteiger partial charge in [-0.15, -0.1) is 0 Å². The van der Waals surface area contributed by atoms with Gasteiger partial charge in [0.1, 0.15) is 11.4 Å². The van der Waals surface area contributed by atoms with Crippen molar-refractivity contribution in [2.45, 2.75) is 18.9 Å². The van der Waals surface area contributed by atoms with Gasteiger partial charge in [0.05, 0.1) is 13.2 Å². The number of carbonyl (C=O) groups excluding carboxylic acids is 1. The van der Waals surface area contributed by atoms with Crippen LogP contribution in [0.15, 0.2) is 59.1 Å². The number of likely N-dealkylation sites (tertiary alicyclic amines) is 1. The summed E-state index contributed by atoms with van der Waals surface area (Å²) in [5.74, 6) is 0.836. The first-order chi connectivity index (χ1) is 13.2. The third-order valence-electron chi connectivity index (χ3n) is 4.88. The zero-order chi connectivity index (χ0) is 18.8.